The molecular formula is C22H32FN5OS. The van der Waals surface area contributed by atoms with Gasteiger partial charge < -0.3 is 4.90 Å². The Balaban J connectivity index is 1.81. The van der Waals surface area contributed by atoms with Crippen molar-refractivity contribution in [3.05, 3.63) is 35.9 Å². The lowest BCUT2D eigenvalue weighted by atomic mass is 9.94. The fourth-order valence-electron chi connectivity index (χ4n) is 3.95. The van der Waals surface area contributed by atoms with Crippen molar-refractivity contribution >= 4 is 17.7 Å². The predicted octanol–water partition coefficient (Wildman–Crippen LogP) is 4.30. The number of hydrogen-bond acceptors (Lipinski definition) is 5. The molecule has 0 radical (unpaired) electrons. The molecule has 1 amide bonds. The summed E-state index contributed by atoms with van der Waals surface area (Å²) in [5.41, 5.74) is 0.791. The van der Waals surface area contributed by atoms with E-state index in [1.165, 1.54) is 43.2 Å². The third-order valence-corrected chi connectivity index (χ3v) is 6.81. The van der Waals surface area contributed by atoms with Crippen molar-refractivity contribution in [1.29, 1.82) is 0 Å². The van der Waals surface area contributed by atoms with E-state index in [0.717, 1.165) is 30.9 Å². The van der Waals surface area contributed by atoms with E-state index in [4.69, 9.17) is 0 Å². The van der Waals surface area contributed by atoms with E-state index in [2.05, 4.69) is 17.1 Å². The summed E-state index contributed by atoms with van der Waals surface area (Å²) in [5.74, 6) is 0.941. The van der Waals surface area contributed by atoms with Crippen molar-refractivity contribution in [3.63, 3.8) is 0 Å². The highest BCUT2D eigenvalue weighted by Crippen LogP contribution is 2.28. The summed E-state index contributed by atoms with van der Waals surface area (Å²) in [6.07, 6.45) is 5.87. The molecule has 8 heteroatoms. The van der Waals surface area contributed by atoms with E-state index in [1.54, 1.807) is 12.1 Å². The molecule has 0 saturated heterocycles. The SMILES string of the molecule is CCN(C(=O)CSc1nnc(C(C)N(C)C)n1-c1ccc(F)cc1)C1CCCCC1. The number of benzene rings is 1. The first-order valence-corrected chi connectivity index (χ1v) is 11.7. The highest BCUT2D eigenvalue weighted by Gasteiger charge is 2.26. The maximum atomic E-state index is 13.5. The first-order chi connectivity index (χ1) is 14.4. The van der Waals surface area contributed by atoms with Crippen LogP contribution in [0.2, 0.25) is 0 Å². The molecule has 1 atom stereocenters. The lowest BCUT2D eigenvalue weighted by molar-refractivity contribution is -0.131. The van der Waals surface area contributed by atoms with Gasteiger partial charge in [-0.25, -0.2) is 4.39 Å². The molecule has 1 heterocycles. The third kappa shape index (κ3) is 5.21. The van der Waals surface area contributed by atoms with Crippen molar-refractivity contribution < 1.29 is 9.18 Å². The Hall–Kier alpha value is -1.93. The molecule has 30 heavy (non-hydrogen) atoms. The van der Waals surface area contributed by atoms with Crippen LogP contribution in [0.15, 0.2) is 29.4 Å². The van der Waals surface area contributed by atoms with Gasteiger partial charge in [-0.3, -0.25) is 14.3 Å². The second-order valence-corrected chi connectivity index (χ2v) is 8.99. The van der Waals surface area contributed by atoms with Crippen molar-refractivity contribution in [2.45, 2.75) is 63.2 Å². The van der Waals surface area contributed by atoms with Gasteiger partial charge in [0, 0.05) is 18.3 Å². The summed E-state index contributed by atoms with van der Waals surface area (Å²) in [6.45, 7) is 4.83. The zero-order valence-electron chi connectivity index (χ0n) is 18.3. The van der Waals surface area contributed by atoms with Crippen LogP contribution in [-0.2, 0) is 4.79 Å². The number of rotatable bonds is 8. The van der Waals surface area contributed by atoms with E-state index >= 15 is 0 Å². The van der Waals surface area contributed by atoms with Gasteiger partial charge in [0.1, 0.15) is 5.82 Å². The van der Waals surface area contributed by atoms with Gasteiger partial charge in [0.25, 0.3) is 0 Å². The topological polar surface area (TPSA) is 54.3 Å². The Morgan fingerprint density at radius 3 is 2.47 bits per heavy atom. The molecule has 0 aliphatic heterocycles. The molecule has 1 aliphatic rings. The molecule has 1 aliphatic carbocycles. The maximum Gasteiger partial charge on any atom is 0.233 e. The van der Waals surface area contributed by atoms with Crippen LogP contribution in [0, 0.1) is 5.82 Å². The van der Waals surface area contributed by atoms with Crippen LogP contribution in [-0.4, -0.2) is 62.9 Å². The number of carbonyl (C=O) groups is 1. The van der Waals surface area contributed by atoms with Gasteiger partial charge in [-0.05, 0) is 65.0 Å². The summed E-state index contributed by atoms with van der Waals surface area (Å²) in [4.78, 5) is 17.0. The van der Waals surface area contributed by atoms with Gasteiger partial charge in [-0.15, -0.1) is 10.2 Å². The first kappa shape index (κ1) is 22.7. The van der Waals surface area contributed by atoms with Gasteiger partial charge in [0.05, 0.1) is 11.8 Å². The number of carbonyl (C=O) groups excluding carboxylic acids is 1. The molecule has 1 aromatic carbocycles. The standard InChI is InChI=1S/C22H32FN5OS/c1-5-27(18-9-7-6-8-10-18)20(29)15-30-22-25-24-21(16(2)26(3)4)28(22)19-13-11-17(23)12-14-19/h11-14,16,18H,5-10,15H2,1-4H3. The summed E-state index contributed by atoms with van der Waals surface area (Å²) in [6, 6.07) is 6.67. The van der Waals surface area contributed by atoms with Crippen LogP contribution < -0.4 is 0 Å². The average Bonchev–Trinajstić information content (AvgIpc) is 3.17. The molecule has 2 aromatic rings. The predicted molar refractivity (Wildman–Crippen MR) is 118 cm³/mol. The molecule has 0 N–H and O–H groups in total. The number of hydrogen-bond donors (Lipinski definition) is 0. The number of aromatic nitrogens is 3. The van der Waals surface area contributed by atoms with Gasteiger partial charge in [0.2, 0.25) is 5.91 Å². The minimum absolute atomic E-state index is 0.0157. The fraction of sp³-hybridized carbons (Fsp3) is 0.591. The summed E-state index contributed by atoms with van der Waals surface area (Å²) in [7, 11) is 3.96. The third-order valence-electron chi connectivity index (χ3n) is 5.89. The molecule has 1 unspecified atom stereocenters. The summed E-state index contributed by atoms with van der Waals surface area (Å²) >= 11 is 1.40. The van der Waals surface area contributed by atoms with Crippen molar-refractivity contribution in [2.75, 3.05) is 26.4 Å². The molecule has 1 aromatic heterocycles. The van der Waals surface area contributed by atoms with Crippen LogP contribution >= 0.6 is 11.8 Å². The number of amides is 1. The Morgan fingerprint density at radius 1 is 1.20 bits per heavy atom. The highest BCUT2D eigenvalue weighted by atomic mass is 32.2. The first-order valence-electron chi connectivity index (χ1n) is 10.7. The van der Waals surface area contributed by atoms with Crippen LogP contribution in [0.5, 0.6) is 0 Å². The van der Waals surface area contributed by atoms with Gasteiger partial charge in [-0.1, -0.05) is 31.0 Å². The van der Waals surface area contributed by atoms with E-state index < -0.39 is 0 Å². The quantitative estimate of drug-likeness (QED) is 0.581. The summed E-state index contributed by atoms with van der Waals surface area (Å²) < 4.78 is 15.4. The van der Waals surface area contributed by atoms with Crippen LogP contribution in [0.25, 0.3) is 5.69 Å². The molecule has 1 fully saturated rings. The van der Waals surface area contributed by atoms with Crippen LogP contribution in [0.1, 0.15) is 57.8 Å². The van der Waals surface area contributed by atoms with Gasteiger partial charge >= 0.3 is 0 Å². The lowest BCUT2D eigenvalue weighted by Gasteiger charge is -2.33. The molecule has 1 saturated carbocycles. The van der Waals surface area contributed by atoms with E-state index in [1.807, 2.05) is 35.4 Å². The minimum Gasteiger partial charge on any atom is -0.339 e. The summed E-state index contributed by atoms with van der Waals surface area (Å²) in [5, 5.41) is 9.42. The van der Waals surface area contributed by atoms with Crippen LogP contribution in [0.4, 0.5) is 4.39 Å². The Labute approximate surface area is 182 Å². The largest absolute Gasteiger partial charge is 0.339 e. The smallest absolute Gasteiger partial charge is 0.233 e. The molecule has 6 nitrogen and oxygen atoms in total. The minimum atomic E-state index is -0.288. The zero-order valence-corrected chi connectivity index (χ0v) is 19.2. The van der Waals surface area contributed by atoms with Crippen molar-refractivity contribution in [1.82, 2.24) is 24.6 Å². The monoisotopic (exact) mass is 433 g/mol. The molecule has 3 rings (SSSR count). The lowest BCUT2D eigenvalue weighted by Crippen LogP contribution is -2.42. The molecule has 0 bridgehead atoms. The number of halogens is 1. The number of nitrogens with zero attached hydrogens (tertiary/aromatic N) is 5. The Bertz CT molecular complexity index is 833. The van der Waals surface area contributed by atoms with Crippen molar-refractivity contribution in [2.24, 2.45) is 0 Å². The van der Waals surface area contributed by atoms with E-state index in [0.29, 0.717) is 17.0 Å². The normalized spacial score (nSPS) is 16.1. The molecule has 0 spiro atoms. The molecule has 164 valence electrons. The van der Waals surface area contributed by atoms with E-state index in [9.17, 15) is 9.18 Å². The average molecular weight is 434 g/mol. The Morgan fingerprint density at radius 2 is 1.87 bits per heavy atom. The maximum absolute atomic E-state index is 13.5. The highest BCUT2D eigenvalue weighted by molar-refractivity contribution is 7.99. The van der Waals surface area contributed by atoms with Crippen LogP contribution in [0.3, 0.4) is 0 Å². The van der Waals surface area contributed by atoms with Gasteiger partial charge in [0.15, 0.2) is 11.0 Å². The van der Waals surface area contributed by atoms with Crippen molar-refractivity contribution in [3.8, 4) is 5.69 Å². The molecular weight excluding hydrogens is 401 g/mol. The second kappa shape index (κ2) is 10.4. The fourth-order valence-corrected chi connectivity index (χ4v) is 4.79. The Kier molecular flexibility index (Phi) is 7.88. The number of thioether (sulfide) groups is 1. The van der Waals surface area contributed by atoms with E-state index in [-0.39, 0.29) is 17.8 Å². The van der Waals surface area contributed by atoms with Gasteiger partial charge in [-0.2, -0.15) is 0 Å². The zero-order chi connectivity index (χ0) is 21.7. The second-order valence-electron chi connectivity index (χ2n) is 8.05.